The number of carbonyl (C=O) groups is 2. The van der Waals surface area contributed by atoms with Gasteiger partial charge in [0.15, 0.2) is 0 Å². The van der Waals surface area contributed by atoms with Gasteiger partial charge in [0.1, 0.15) is 11.6 Å². The van der Waals surface area contributed by atoms with Crippen molar-refractivity contribution in [1.82, 2.24) is 15.5 Å². The summed E-state index contributed by atoms with van der Waals surface area (Å²) in [5.41, 5.74) is 0.438. The van der Waals surface area contributed by atoms with Gasteiger partial charge in [-0.2, -0.15) is 4.98 Å². The molecule has 2 rings (SSSR count). The highest BCUT2D eigenvalue weighted by molar-refractivity contribution is 5.97. The second kappa shape index (κ2) is 6.60. The van der Waals surface area contributed by atoms with Crippen molar-refractivity contribution in [2.45, 2.75) is 39.3 Å². The maximum absolute atomic E-state index is 12.3. The van der Waals surface area contributed by atoms with Crippen LogP contribution in [0.1, 0.15) is 38.1 Å². The Balaban J connectivity index is 2.06. The molecule has 0 bridgehead atoms. The molecule has 23 heavy (non-hydrogen) atoms. The number of nitrogens with zero attached hydrogens (tertiary/aromatic N) is 2. The molecule has 1 atom stereocenters. The van der Waals surface area contributed by atoms with E-state index in [-0.39, 0.29) is 5.91 Å². The fourth-order valence-electron chi connectivity index (χ4n) is 1.83. The summed E-state index contributed by atoms with van der Waals surface area (Å²) in [5.74, 6) is -0.478. The van der Waals surface area contributed by atoms with Crippen molar-refractivity contribution in [2.24, 2.45) is 0 Å². The van der Waals surface area contributed by atoms with Gasteiger partial charge in [0.25, 0.3) is 5.91 Å². The molecule has 2 aromatic rings. The van der Waals surface area contributed by atoms with Crippen LogP contribution in [0.25, 0.3) is 11.4 Å². The van der Waals surface area contributed by atoms with E-state index in [1.54, 1.807) is 52.0 Å². The van der Waals surface area contributed by atoms with Crippen molar-refractivity contribution in [3.05, 3.63) is 36.2 Å². The van der Waals surface area contributed by atoms with Crippen molar-refractivity contribution >= 4 is 11.9 Å². The number of esters is 1. The minimum Gasteiger partial charge on any atom is -0.458 e. The number of aromatic nitrogens is 2. The average Bonchev–Trinajstić information content (AvgIpc) is 2.99. The lowest BCUT2D eigenvalue weighted by atomic mass is 10.1. The molecule has 1 N–H and O–H groups in total. The summed E-state index contributed by atoms with van der Waals surface area (Å²) in [6.45, 7) is 6.89. The molecule has 1 aromatic carbocycles. The van der Waals surface area contributed by atoms with Crippen LogP contribution in [0.2, 0.25) is 0 Å². The lowest BCUT2D eigenvalue weighted by Crippen LogP contribution is -2.42. The van der Waals surface area contributed by atoms with Gasteiger partial charge in [0, 0.05) is 11.1 Å². The van der Waals surface area contributed by atoms with Crippen LogP contribution >= 0.6 is 0 Å². The van der Waals surface area contributed by atoms with Gasteiger partial charge in [-0.15, -0.1) is 0 Å². The summed E-state index contributed by atoms with van der Waals surface area (Å²) in [5, 5.41) is 6.34. The van der Waals surface area contributed by atoms with E-state index < -0.39 is 17.6 Å². The molecule has 0 spiro atoms. The SMILES string of the molecule is CC(NC(=O)c1cccc(-c2ncon2)c1)C(=O)OC(C)(C)C. The lowest BCUT2D eigenvalue weighted by molar-refractivity contribution is -0.156. The molecule has 1 aromatic heterocycles. The van der Waals surface area contributed by atoms with Crippen molar-refractivity contribution in [2.75, 3.05) is 0 Å². The van der Waals surface area contributed by atoms with Crippen molar-refractivity contribution in [3.8, 4) is 11.4 Å². The number of amides is 1. The van der Waals surface area contributed by atoms with Gasteiger partial charge < -0.3 is 14.6 Å². The molecule has 7 heteroatoms. The number of benzene rings is 1. The fraction of sp³-hybridized carbons (Fsp3) is 0.375. The Morgan fingerprint density at radius 2 is 2.04 bits per heavy atom. The predicted octanol–water partition coefficient (Wildman–Crippen LogP) is 2.20. The molecule has 0 fully saturated rings. The Morgan fingerprint density at radius 1 is 1.30 bits per heavy atom. The zero-order chi connectivity index (χ0) is 17.0. The van der Waals surface area contributed by atoms with Crippen LogP contribution in [0.5, 0.6) is 0 Å². The van der Waals surface area contributed by atoms with Gasteiger partial charge in [-0.05, 0) is 39.8 Å². The van der Waals surface area contributed by atoms with Gasteiger partial charge in [-0.1, -0.05) is 17.3 Å². The van der Waals surface area contributed by atoms with Crippen LogP contribution in [0.3, 0.4) is 0 Å². The molecule has 0 saturated heterocycles. The molecule has 1 amide bonds. The molecule has 122 valence electrons. The van der Waals surface area contributed by atoms with E-state index in [1.165, 1.54) is 6.39 Å². The molecule has 1 unspecified atom stereocenters. The topological polar surface area (TPSA) is 94.3 Å². The maximum Gasteiger partial charge on any atom is 0.328 e. The van der Waals surface area contributed by atoms with E-state index in [2.05, 4.69) is 20.0 Å². The monoisotopic (exact) mass is 317 g/mol. The molecule has 0 aliphatic carbocycles. The first kappa shape index (κ1) is 16.7. The summed E-state index contributed by atoms with van der Waals surface area (Å²) in [7, 11) is 0. The molecular formula is C16H19N3O4. The van der Waals surface area contributed by atoms with E-state index in [9.17, 15) is 9.59 Å². The van der Waals surface area contributed by atoms with Crippen molar-refractivity contribution in [3.63, 3.8) is 0 Å². The molecule has 1 heterocycles. The molecule has 0 radical (unpaired) electrons. The molecule has 7 nitrogen and oxygen atoms in total. The summed E-state index contributed by atoms with van der Waals surface area (Å²) in [6, 6.07) is 5.98. The lowest BCUT2D eigenvalue weighted by Gasteiger charge is -2.22. The second-order valence-electron chi connectivity index (χ2n) is 6.06. The first-order valence-corrected chi connectivity index (χ1v) is 7.17. The first-order valence-electron chi connectivity index (χ1n) is 7.17. The zero-order valence-corrected chi connectivity index (χ0v) is 13.5. The fourth-order valence-corrected chi connectivity index (χ4v) is 1.83. The normalized spacial score (nSPS) is 12.5. The van der Waals surface area contributed by atoms with E-state index in [4.69, 9.17) is 4.74 Å². The Bertz CT molecular complexity index is 690. The number of rotatable bonds is 4. The van der Waals surface area contributed by atoms with Gasteiger partial charge in [-0.3, -0.25) is 4.79 Å². The van der Waals surface area contributed by atoms with Gasteiger partial charge in [0.2, 0.25) is 12.2 Å². The van der Waals surface area contributed by atoms with Crippen LogP contribution in [0, 0.1) is 0 Å². The Morgan fingerprint density at radius 3 is 2.65 bits per heavy atom. The van der Waals surface area contributed by atoms with Crippen LogP contribution in [0.15, 0.2) is 35.2 Å². The quantitative estimate of drug-likeness (QED) is 0.869. The van der Waals surface area contributed by atoms with Crippen molar-refractivity contribution in [1.29, 1.82) is 0 Å². The summed E-state index contributed by atoms with van der Waals surface area (Å²) in [6.07, 6.45) is 1.21. The third-order valence-electron chi connectivity index (χ3n) is 2.85. The standard InChI is InChI=1S/C16H19N3O4/c1-10(15(21)23-16(2,3)4)18-14(20)12-7-5-6-11(8-12)13-17-9-22-19-13/h5-10H,1-4H3,(H,18,20). The van der Waals surface area contributed by atoms with E-state index in [1.807, 2.05) is 0 Å². The van der Waals surface area contributed by atoms with Gasteiger partial charge >= 0.3 is 5.97 Å². The molecule has 0 aliphatic rings. The van der Waals surface area contributed by atoms with E-state index in [0.29, 0.717) is 17.0 Å². The minimum absolute atomic E-state index is 0.381. The van der Waals surface area contributed by atoms with Crippen LogP contribution in [0.4, 0.5) is 0 Å². The number of ether oxygens (including phenoxy) is 1. The number of carbonyl (C=O) groups excluding carboxylic acids is 2. The van der Waals surface area contributed by atoms with Crippen LogP contribution in [-0.2, 0) is 9.53 Å². The number of hydrogen-bond donors (Lipinski definition) is 1. The molecular weight excluding hydrogens is 298 g/mol. The maximum atomic E-state index is 12.3. The zero-order valence-electron chi connectivity index (χ0n) is 13.5. The van der Waals surface area contributed by atoms with E-state index in [0.717, 1.165) is 0 Å². The Kier molecular flexibility index (Phi) is 4.78. The summed E-state index contributed by atoms with van der Waals surface area (Å²) in [4.78, 5) is 28.1. The number of nitrogens with one attached hydrogen (secondary N) is 1. The van der Waals surface area contributed by atoms with E-state index >= 15 is 0 Å². The Hall–Kier alpha value is -2.70. The second-order valence-corrected chi connectivity index (χ2v) is 6.06. The summed E-state index contributed by atoms with van der Waals surface area (Å²) >= 11 is 0. The molecule has 0 aliphatic heterocycles. The Labute approximate surface area is 134 Å². The highest BCUT2D eigenvalue weighted by atomic mass is 16.6. The van der Waals surface area contributed by atoms with Crippen molar-refractivity contribution < 1.29 is 18.8 Å². The largest absolute Gasteiger partial charge is 0.458 e. The smallest absolute Gasteiger partial charge is 0.328 e. The van der Waals surface area contributed by atoms with Gasteiger partial charge in [-0.25, -0.2) is 4.79 Å². The minimum atomic E-state index is -0.754. The number of hydrogen-bond acceptors (Lipinski definition) is 6. The highest BCUT2D eigenvalue weighted by Crippen LogP contribution is 2.16. The summed E-state index contributed by atoms with van der Waals surface area (Å²) < 4.78 is 9.92. The van der Waals surface area contributed by atoms with Crippen LogP contribution < -0.4 is 5.32 Å². The third-order valence-corrected chi connectivity index (χ3v) is 2.85. The highest BCUT2D eigenvalue weighted by Gasteiger charge is 2.23. The van der Waals surface area contributed by atoms with Crippen LogP contribution in [-0.4, -0.2) is 33.7 Å². The molecule has 0 saturated carbocycles. The average molecular weight is 317 g/mol. The van der Waals surface area contributed by atoms with Gasteiger partial charge in [0.05, 0.1) is 0 Å². The third kappa shape index (κ3) is 4.64. The predicted molar refractivity (Wildman–Crippen MR) is 82.5 cm³/mol. The first-order chi connectivity index (χ1) is 10.8.